The molecule has 10 heteroatoms. The maximum Gasteiger partial charge on any atom is 0.416 e. The van der Waals surface area contributed by atoms with E-state index in [0.29, 0.717) is 5.56 Å². The van der Waals surface area contributed by atoms with Crippen LogP contribution in [0.2, 0.25) is 5.02 Å². The molecule has 2 aromatic carbocycles. The van der Waals surface area contributed by atoms with Crippen molar-refractivity contribution in [2.24, 2.45) is 0 Å². The predicted molar refractivity (Wildman–Crippen MR) is 89.6 cm³/mol. The summed E-state index contributed by atoms with van der Waals surface area (Å²) in [7, 11) is 0. The molecule has 0 aliphatic rings. The largest absolute Gasteiger partial charge is 0.455 e. The fourth-order valence-corrected chi connectivity index (χ4v) is 2.51. The van der Waals surface area contributed by atoms with Gasteiger partial charge in [-0.25, -0.2) is 4.39 Å². The number of carbonyl (C=O) groups excluding carboxylic acids is 1. The van der Waals surface area contributed by atoms with Gasteiger partial charge in [-0.3, -0.25) is 4.79 Å². The fourth-order valence-electron chi connectivity index (χ4n) is 2.28. The second kappa shape index (κ2) is 7.97. The van der Waals surface area contributed by atoms with E-state index in [2.05, 4.69) is 10.1 Å². The van der Waals surface area contributed by atoms with Crippen molar-refractivity contribution >= 4 is 17.6 Å². The summed E-state index contributed by atoms with van der Waals surface area (Å²) >= 11 is 5.84. The highest BCUT2D eigenvalue weighted by molar-refractivity contribution is 6.31. The molecule has 0 N–H and O–H groups in total. The number of hydrogen-bond acceptors (Lipinski definition) is 5. The minimum atomic E-state index is -4.45. The lowest BCUT2D eigenvalue weighted by Gasteiger charge is -2.06. The summed E-state index contributed by atoms with van der Waals surface area (Å²) in [5.41, 5.74) is -0.502. The normalized spacial score (nSPS) is 11.5. The Labute approximate surface area is 160 Å². The molecule has 0 saturated carbocycles. The first-order valence-electron chi connectivity index (χ1n) is 7.83. The number of benzene rings is 2. The van der Waals surface area contributed by atoms with Crippen molar-refractivity contribution in [1.29, 1.82) is 0 Å². The molecular formula is C18H11ClF4N2O3. The first kappa shape index (κ1) is 19.8. The van der Waals surface area contributed by atoms with E-state index in [-0.39, 0.29) is 35.3 Å². The van der Waals surface area contributed by atoms with E-state index in [1.165, 1.54) is 30.3 Å². The number of ether oxygens (including phenoxy) is 1. The number of aromatic nitrogens is 2. The van der Waals surface area contributed by atoms with Crippen LogP contribution in [0.15, 0.2) is 47.0 Å². The van der Waals surface area contributed by atoms with Gasteiger partial charge in [0.15, 0.2) is 6.61 Å². The lowest BCUT2D eigenvalue weighted by atomic mass is 10.1. The smallest absolute Gasteiger partial charge is 0.416 e. The van der Waals surface area contributed by atoms with Gasteiger partial charge < -0.3 is 9.26 Å². The van der Waals surface area contributed by atoms with Gasteiger partial charge in [-0.1, -0.05) is 35.0 Å². The van der Waals surface area contributed by atoms with Gasteiger partial charge in [0.25, 0.3) is 5.89 Å². The summed E-state index contributed by atoms with van der Waals surface area (Å²) in [5.74, 6) is -1.42. The van der Waals surface area contributed by atoms with Crippen LogP contribution < -0.4 is 0 Å². The van der Waals surface area contributed by atoms with E-state index in [1.54, 1.807) is 0 Å². The third-order valence-corrected chi connectivity index (χ3v) is 4.03. The Morgan fingerprint density at radius 2 is 1.86 bits per heavy atom. The van der Waals surface area contributed by atoms with Gasteiger partial charge in [0.2, 0.25) is 5.82 Å². The predicted octanol–water partition coefficient (Wildman–Crippen LogP) is 4.83. The minimum absolute atomic E-state index is 0.00476. The second-order valence-corrected chi connectivity index (χ2v) is 6.03. The zero-order valence-corrected chi connectivity index (χ0v) is 14.7. The Kier molecular flexibility index (Phi) is 5.64. The summed E-state index contributed by atoms with van der Waals surface area (Å²) in [6.07, 6.45) is -4.83. The zero-order chi connectivity index (χ0) is 20.3. The Bertz CT molecular complexity index is 967. The maximum atomic E-state index is 13.7. The molecule has 5 nitrogen and oxygen atoms in total. The molecule has 3 aromatic rings. The van der Waals surface area contributed by atoms with Gasteiger partial charge >= 0.3 is 12.1 Å². The van der Waals surface area contributed by atoms with Crippen LogP contribution in [0.3, 0.4) is 0 Å². The Balaban J connectivity index is 1.61. The van der Waals surface area contributed by atoms with E-state index in [1.807, 2.05) is 0 Å². The van der Waals surface area contributed by atoms with E-state index in [4.69, 9.17) is 20.9 Å². The summed E-state index contributed by atoms with van der Waals surface area (Å²) in [5, 5.41) is 3.73. The molecule has 0 aliphatic heterocycles. The third kappa shape index (κ3) is 4.66. The van der Waals surface area contributed by atoms with Crippen LogP contribution in [-0.4, -0.2) is 16.1 Å². The lowest BCUT2D eigenvalue weighted by Crippen LogP contribution is -2.10. The Morgan fingerprint density at radius 3 is 2.50 bits per heavy atom. The van der Waals surface area contributed by atoms with E-state index >= 15 is 0 Å². The monoisotopic (exact) mass is 414 g/mol. The van der Waals surface area contributed by atoms with Gasteiger partial charge in [0, 0.05) is 16.1 Å². The summed E-state index contributed by atoms with van der Waals surface area (Å²) in [6, 6.07) is 8.21. The molecule has 0 spiro atoms. The van der Waals surface area contributed by atoms with Gasteiger partial charge in [0.1, 0.15) is 5.82 Å². The first-order valence-corrected chi connectivity index (χ1v) is 8.20. The van der Waals surface area contributed by atoms with Gasteiger partial charge in [0.05, 0.1) is 12.0 Å². The molecule has 0 fully saturated rings. The minimum Gasteiger partial charge on any atom is -0.455 e. The maximum absolute atomic E-state index is 13.7. The molecule has 1 aromatic heterocycles. The number of alkyl halides is 3. The van der Waals surface area contributed by atoms with E-state index in [0.717, 1.165) is 12.1 Å². The SMILES string of the molecule is O=C(Cc1c(F)cccc1Cl)OCc1nc(-c2ccc(C(F)(F)F)cc2)no1. The van der Waals surface area contributed by atoms with Crippen LogP contribution in [-0.2, 0) is 28.7 Å². The Hall–Kier alpha value is -2.94. The highest BCUT2D eigenvalue weighted by Gasteiger charge is 2.30. The Morgan fingerprint density at radius 1 is 1.14 bits per heavy atom. The number of nitrogens with zero attached hydrogens (tertiary/aromatic N) is 2. The molecule has 0 bridgehead atoms. The second-order valence-electron chi connectivity index (χ2n) is 5.62. The number of halogens is 5. The first-order chi connectivity index (χ1) is 13.2. The highest BCUT2D eigenvalue weighted by atomic mass is 35.5. The number of rotatable bonds is 5. The molecule has 28 heavy (non-hydrogen) atoms. The molecule has 1 heterocycles. The number of hydrogen-bond donors (Lipinski definition) is 0. The molecule has 0 radical (unpaired) electrons. The van der Waals surface area contributed by atoms with Gasteiger partial charge in [-0.2, -0.15) is 18.2 Å². The van der Waals surface area contributed by atoms with Crippen LogP contribution in [0.25, 0.3) is 11.4 Å². The molecule has 146 valence electrons. The van der Waals surface area contributed by atoms with Gasteiger partial charge in [-0.05, 0) is 24.3 Å². The number of esters is 1. The lowest BCUT2D eigenvalue weighted by molar-refractivity contribution is -0.145. The molecule has 0 aliphatic carbocycles. The van der Waals surface area contributed by atoms with E-state index < -0.39 is 23.5 Å². The summed E-state index contributed by atoms with van der Waals surface area (Å²) in [4.78, 5) is 15.8. The van der Waals surface area contributed by atoms with E-state index in [9.17, 15) is 22.4 Å². The average molecular weight is 415 g/mol. The molecule has 0 saturated heterocycles. The van der Waals surface area contributed by atoms with Crippen LogP contribution in [0.5, 0.6) is 0 Å². The summed E-state index contributed by atoms with van der Waals surface area (Å²) < 4.78 is 61.2. The van der Waals surface area contributed by atoms with Crippen LogP contribution in [0.4, 0.5) is 17.6 Å². The zero-order valence-electron chi connectivity index (χ0n) is 14.0. The van der Waals surface area contributed by atoms with Crippen molar-refractivity contribution in [3.8, 4) is 11.4 Å². The highest BCUT2D eigenvalue weighted by Crippen LogP contribution is 2.30. The molecule has 0 atom stereocenters. The van der Waals surface area contributed by atoms with Gasteiger partial charge in [-0.15, -0.1) is 0 Å². The third-order valence-electron chi connectivity index (χ3n) is 3.68. The topological polar surface area (TPSA) is 65.2 Å². The van der Waals surface area contributed by atoms with Crippen LogP contribution in [0, 0.1) is 5.82 Å². The average Bonchev–Trinajstić information content (AvgIpc) is 3.12. The summed E-state index contributed by atoms with van der Waals surface area (Å²) in [6.45, 7) is -0.376. The number of carbonyl (C=O) groups is 1. The van der Waals surface area contributed by atoms with Crippen molar-refractivity contribution in [3.63, 3.8) is 0 Å². The molecule has 0 unspecified atom stereocenters. The fraction of sp³-hybridized carbons (Fsp3) is 0.167. The van der Waals surface area contributed by atoms with Crippen molar-refractivity contribution < 1.29 is 31.6 Å². The molecule has 0 amide bonds. The van der Waals surface area contributed by atoms with Crippen molar-refractivity contribution in [1.82, 2.24) is 10.1 Å². The quantitative estimate of drug-likeness (QED) is 0.442. The van der Waals surface area contributed by atoms with Crippen molar-refractivity contribution in [2.75, 3.05) is 0 Å². The van der Waals surface area contributed by atoms with Crippen LogP contribution >= 0.6 is 11.6 Å². The van der Waals surface area contributed by atoms with Crippen LogP contribution in [0.1, 0.15) is 17.0 Å². The standard InChI is InChI=1S/C18H11ClF4N2O3/c19-13-2-1-3-14(20)12(13)8-16(26)27-9-15-24-17(25-28-15)10-4-6-11(7-5-10)18(21,22)23/h1-7H,8-9H2. The molecular weight excluding hydrogens is 404 g/mol. The van der Waals surface area contributed by atoms with Crippen molar-refractivity contribution in [3.05, 3.63) is 70.3 Å². The van der Waals surface area contributed by atoms with Crippen molar-refractivity contribution in [2.45, 2.75) is 19.2 Å². The molecule has 3 rings (SSSR count).